The molecular weight excluding hydrogens is 350 g/mol. The fourth-order valence-electron chi connectivity index (χ4n) is 2.67. The number of aldehydes is 1. The van der Waals surface area contributed by atoms with Crippen molar-refractivity contribution >= 4 is 18.1 Å². The number of nitrogens with two attached hydrogens (primary N) is 1. The van der Waals surface area contributed by atoms with Gasteiger partial charge in [-0.1, -0.05) is 6.92 Å². The van der Waals surface area contributed by atoms with Gasteiger partial charge in [0.1, 0.15) is 18.5 Å². The van der Waals surface area contributed by atoms with Crippen molar-refractivity contribution in [3.8, 4) is 0 Å². The van der Waals surface area contributed by atoms with Gasteiger partial charge in [-0.05, 0) is 6.42 Å². The average Bonchev–Trinajstić information content (AvgIpc) is 2.59. The molecule has 1 aliphatic heterocycles. The summed E-state index contributed by atoms with van der Waals surface area (Å²) in [7, 11) is 0. The van der Waals surface area contributed by atoms with Crippen molar-refractivity contribution in [1.82, 2.24) is 10.6 Å². The average molecular weight is 377 g/mol. The summed E-state index contributed by atoms with van der Waals surface area (Å²) in [4.78, 5) is 34.1. The van der Waals surface area contributed by atoms with Crippen molar-refractivity contribution < 1.29 is 39.5 Å². The van der Waals surface area contributed by atoms with E-state index in [-0.39, 0.29) is 13.0 Å². The van der Waals surface area contributed by atoms with E-state index in [9.17, 15) is 34.8 Å². The monoisotopic (exact) mass is 377 g/mol. The first kappa shape index (κ1) is 22.4. The number of aliphatic hydroxyl groups is 4. The molecule has 0 aromatic rings. The molecule has 1 aliphatic rings. The molecule has 11 heteroatoms. The minimum atomic E-state index is -2.55. The second kappa shape index (κ2) is 9.35. The molecule has 1 saturated heterocycles. The maximum Gasteiger partial charge on any atom is 0.280 e. The molecule has 0 aliphatic carbocycles. The Morgan fingerprint density at radius 2 is 2.04 bits per heavy atom. The quantitative estimate of drug-likeness (QED) is 0.207. The predicted molar refractivity (Wildman–Crippen MR) is 87.4 cm³/mol. The van der Waals surface area contributed by atoms with Gasteiger partial charge in [0.2, 0.25) is 11.7 Å². The number of hydrogen-bond donors (Lipinski definition) is 7. The Morgan fingerprint density at radius 3 is 2.54 bits per heavy atom. The maximum atomic E-state index is 12.2. The molecule has 26 heavy (non-hydrogen) atoms. The third kappa shape index (κ3) is 5.43. The first-order valence-corrected chi connectivity index (χ1v) is 8.26. The molecular formula is C15H27N3O8. The second-order valence-corrected chi connectivity index (χ2v) is 6.34. The van der Waals surface area contributed by atoms with Gasteiger partial charge in [-0.2, -0.15) is 0 Å². The van der Waals surface area contributed by atoms with Crippen LogP contribution in [-0.4, -0.2) is 87.4 Å². The van der Waals surface area contributed by atoms with Gasteiger partial charge in [-0.3, -0.25) is 9.59 Å². The molecule has 150 valence electrons. The van der Waals surface area contributed by atoms with E-state index in [2.05, 4.69) is 10.6 Å². The summed E-state index contributed by atoms with van der Waals surface area (Å²) < 4.78 is 5.30. The molecule has 1 heterocycles. The first-order chi connectivity index (χ1) is 12.1. The molecule has 0 aromatic carbocycles. The van der Waals surface area contributed by atoms with Crippen LogP contribution in [0.4, 0.5) is 0 Å². The molecule has 7 atom stereocenters. The van der Waals surface area contributed by atoms with Gasteiger partial charge in [0.05, 0.1) is 24.3 Å². The minimum Gasteiger partial charge on any atom is -0.391 e. The zero-order chi connectivity index (χ0) is 20.1. The van der Waals surface area contributed by atoms with E-state index < -0.39 is 60.5 Å². The molecule has 0 spiro atoms. The van der Waals surface area contributed by atoms with Crippen LogP contribution in [0.5, 0.6) is 0 Å². The van der Waals surface area contributed by atoms with E-state index in [4.69, 9.17) is 10.5 Å². The predicted octanol–water partition coefficient (Wildman–Crippen LogP) is -3.90. The highest BCUT2D eigenvalue weighted by molar-refractivity contribution is 5.84. The molecule has 1 fully saturated rings. The summed E-state index contributed by atoms with van der Waals surface area (Å²) in [6.45, 7) is 2.49. The van der Waals surface area contributed by atoms with Crippen LogP contribution in [-0.2, 0) is 19.1 Å². The first-order valence-electron chi connectivity index (χ1n) is 8.26. The Bertz CT molecular complexity index is 519. The zero-order valence-corrected chi connectivity index (χ0v) is 14.7. The molecule has 8 N–H and O–H groups in total. The molecule has 2 amide bonds. The van der Waals surface area contributed by atoms with Gasteiger partial charge in [0.15, 0.2) is 0 Å². The van der Waals surface area contributed by atoms with Crippen LogP contribution >= 0.6 is 0 Å². The van der Waals surface area contributed by atoms with Crippen molar-refractivity contribution in [3.05, 3.63) is 0 Å². The minimum absolute atomic E-state index is 0.128. The van der Waals surface area contributed by atoms with Gasteiger partial charge in [0.25, 0.3) is 5.91 Å². The molecule has 0 aromatic heterocycles. The number of amides is 2. The van der Waals surface area contributed by atoms with E-state index in [1.807, 2.05) is 0 Å². The van der Waals surface area contributed by atoms with Crippen molar-refractivity contribution in [2.75, 3.05) is 6.54 Å². The highest BCUT2D eigenvalue weighted by atomic mass is 16.6. The lowest BCUT2D eigenvalue weighted by Crippen LogP contribution is -2.68. The van der Waals surface area contributed by atoms with Gasteiger partial charge >= 0.3 is 0 Å². The summed E-state index contributed by atoms with van der Waals surface area (Å²) in [5, 5.41) is 45.5. The summed E-state index contributed by atoms with van der Waals surface area (Å²) in [6, 6.07) is -2.15. The van der Waals surface area contributed by atoms with Gasteiger partial charge in [-0.25, -0.2) is 0 Å². The largest absolute Gasteiger partial charge is 0.391 e. The smallest absolute Gasteiger partial charge is 0.280 e. The molecule has 11 nitrogen and oxygen atoms in total. The molecule has 7 unspecified atom stereocenters. The number of carbonyl (C=O) groups excluding carboxylic acids is 3. The topological polar surface area (TPSA) is 191 Å². The number of aliphatic hydroxyl groups excluding tert-OH is 3. The van der Waals surface area contributed by atoms with Crippen molar-refractivity contribution in [3.63, 3.8) is 0 Å². The fraction of sp³-hybridized carbons (Fsp3) is 0.800. The second-order valence-electron chi connectivity index (χ2n) is 6.34. The summed E-state index contributed by atoms with van der Waals surface area (Å²) in [6.07, 6.45) is -5.87. The highest BCUT2D eigenvalue weighted by Crippen LogP contribution is 2.30. The molecule has 1 rings (SSSR count). The third-order valence-corrected chi connectivity index (χ3v) is 4.13. The lowest BCUT2D eigenvalue weighted by atomic mass is 9.88. The van der Waals surface area contributed by atoms with Crippen LogP contribution in [0.15, 0.2) is 0 Å². The molecule has 0 bridgehead atoms. The van der Waals surface area contributed by atoms with Crippen LogP contribution < -0.4 is 16.4 Å². The van der Waals surface area contributed by atoms with Crippen LogP contribution in [0.1, 0.15) is 26.7 Å². The van der Waals surface area contributed by atoms with Gasteiger partial charge in [0, 0.05) is 19.9 Å². The summed E-state index contributed by atoms with van der Waals surface area (Å²) in [5.74, 6) is -4.15. The van der Waals surface area contributed by atoms with Gasteiger partial charge < -0.3 is 46.3 Å². The van der Waals surface area contributed by atoms with Crippen LogP contribution in [0, 0.1) is 0 Å². The summed E-state index contributed by atoms with van der Waals surface area (Å²) in [5.41, 5.74) is 5.36. The van der Waals surface area contributed by atoms with Crippen molar-refractivity contribution in [1.29, 1.82) is 0 Å². The Morgan fingerprint density at radius 1 is 1.42 bits per heavy atom. The number of hydrogen-bond acceptors (Lipinski definition) is 9. The van der Waals surface area contributed by atoms with Crippen molar-refractivity contribution in [2.45, 2.75) is 69.0 Å². The number of nitrogens with one attached hydrogen (secondary N) is 2. The van der Waals surface area contributed by atoms with E-state index in [1.165, 1.54) is 6.92 Å². The van der Waals surface area contributed by atoms with Gasteiger partial charge in [-0.15, -0.1) is 0 Å². The molecule has 0 radical (unpaired) electrons. The Balaban J connectivity index is 3.02. The number of carbonyl (C=O) groups is 3. The summed E-state index contributed by atoms with van der Waals surface area (Å²) >= 11 is 0. The lowest BCUT2D eigenvalue weighted by molar-refractivity contribution is -0.286. The third-order valence-electron chi connectivity index (χ3n) is 4.13. The maximum absolute atomic E-state index is 12.2. The zero-order valence-electron chi connectivity index (χ0n) is 14.7. The van der Waals surface area contributed by atoms with E-state index in [1.54, 1.807) is 6.92 Å². The standard InChI is InChI=1S/C15H27N3O8/c1-3-9(21)12(23)13-11(18-7(2)20)10(22)4-15(25,26-13)14(24)17-5-8(16)6-19/h6,8-13,21-23,25H,3-5,16H2,1-2H3,(H,17,24)(H,18,20). The van der Waals surface area contributed by atoms with Crippen LogP contribution in [0.3, 0.4) is 0 Å². The van der Waals surface area contributed by atoms with Crippen molar-refractivity contribution in [2.24, 2.45) is 5.73 Å². The fourth-order valence-corrected chi connectivity index (χ4v) is 2.67. The Hall–Kier alpha value is -1.63. The normalized spacial score (nSPS) is 32.2. The number of rotatable bonds is 8. The van der Waals surface area contributed by atoms with E-state index >= 15 is 0 Å². The Labute approximate surface area is 150 Å². The van der Waals surface area contributed by atoms with E-state index in [0.717, 1.165) is 0 Å². The van der Waals surface area contributed by atoms with E-state index in [0.29, 0.717) is 6.29 Å². The number of ether oxygens (including phenoxy) is 1. The SMILES string of the molecule is CCC(O)C(O)C1OC(O)(C(=O)NCC(N)C=O)CC(O)C1NC(C)=O. The lowest BCUT2D eigenvalue weighted by Gasteiger charge is -2.45. The van der Waals surface area contributed by atoms with Crippen LogP contribution in [0.25, 0.3) is 0 Å². The highest BCUT2D eigenvalue weighted by Gasteiger charge is 2.53. The molecule has 0 saturated carbocycles. The van der Waals surface area contributed by atoms with Crippen LogP contribution in [0.2, 0.25) is 0 Å². The Kier molecular flexibility index (Phi) is 8.06.